The smallest absolute Gasteiger partial charge is 0.337 e. The van der Waals surface area contributed by atoms with Crippen LogP contribution in [0.5, 0.6) is 5.75 Å². The summed E-state index contributed by atoms with van der Waals surface area (Å²) in [6, 6.07) is 4.56. The maximum Gasteiger partial charge on any atom is 0.337 e. The molecule has 0 aliphatic heterocycles. The Morgan fingerprint density at radius 2 is 1.95 bits per heavy atom. The number of rotatable bonds is 7. The lowest BCUT2D eigenvalue weighted by atomic mass is 10.0. The first kappa shape index (κ1) is 15.0. The Kier molecular flexibility index (Phi) is 5.32. The molecule has 6 heteroatoms. The van der Waals surface area contributed by atoms with Gasteiger partial charge in [-0.2, -0.15) is 0 Å². The van der Waals surface area contributed by atoms with Crippen molar-refractivity contribution in [1.29, 1.82) is 0 Å². The molecule has 19 heavy (non-hydrogen) atoms. The maximum absolute atomic E-state index is 10.8. The first-order chi connectivity index (χ1) is 8.93. The lowest BCUT2D eigenvalue weighted by Gasteiger charge is -2.12. The molecule has 1 aromatic rings. The minimum atomic E-state index is -1.65. The van der Waals surface area contributed by atoms with Gasteiger partial charge in [0, 0.05) is 6.42 Å². The molecular weight excluding hydrogens is 252 g/mol. The van der Waals surface area contributed by atoms with Gasteiger partial charge in [0.25, 0.3) is 0 Å². The summed E-state index contributed by atoms with van der Waals surface area (Å²) in [5.41, 5.74) is 0.794. The Morgan fingerprint density at radius 1 is 1.26 bits per heavy atom. The molecule has 0 fully saturated rings. The van der Waals surface area contributed by atoms with Crippen molar-refractivity contribution in [3.63, 3.8) is 0 Å². The summed E-state index contributed by atoms with van der Waals surface area (Å²) in [6.45, 7) is 2.17. The molecule has 0 saturated heterocycles. The molecule has 0 bridgehead atoms. The summed E-state index contributed by atoms with van der Waals surface area (Å²) in [4.78, 5) is 21.3. The van der Waals surface area contributed by atoms with Crippen LogP contribution in [0.1, 0.15) is 30.6 Å². The van der Waals surface area contributed by atoms with Crippen LogP contribution in [0.15, 0.2) is 18.2 Å². The third-order valence-corrected chi connectivity index (χ3v) is 2.48. The molecule has 0 aliphatic carbocycles. The van der Waals surface area contributed by atoms with Crippen molar-refractivity contribution in [1.82, 2.24) is 0 Å². The lowest BCUT2D eigenvalue weighted by molar-refractivity contribution is -0.147. The molecule has 0 radical (unpaired) electrons. The second kappa shape index (κ2) is 6.75. The fourth-order valence-electron chi connectivity index (χ4n) is 1.63. The third-order valence-electron chi connectivity index (χ3n) is 2.48. The van der Waals surface area contributed by atoms with Gasteiger partial charge in [-0.25, -0.2) is 4.79 Å². The van der Waals surface area contributed by atoms with Gasteiger partial charge in [0.1, 0.15) is 5.75 Å². The predicted molar refractivity (Wildman–Crippen MR) is 66.2 cm³/mol. The molecule has 0 amide bonds. The van der Waals surface area contributed by atoms with Crippen molar-refractivity contribution in [2.24, 2.45) is 0 Å². The molecule has 0 aliphatic rings. The minimum Gasteiger partial charge on any atom is -0.494 e. The molecule has 6 nitrogen and oxygen atoms in total. The van der Waals surface area contributed by atoms with Gasteiger partial charge in [-0.15, -0.1) is 0 Å². The maximum atomic E-state index is 10.8. The number of benzene rings is 1. The first-order valence-electron chi connectivity index (χ1n) is 5.83. The molecule has 3 N–H and O–H groups in total. The highest BCUT2D eigenvalue weighted by molar-refractivity contribution is 5.74. The molecule has 1 rings (SSSR count). The summed E-state index contributed by atoms with van der Waals surface area (Å²) < 4.78 is 5.27. The molecular formula is C13H16O6. The second-order valence-corrected chi connectivity index (χ2v) is 3.98. The normalized spacial score (nSPS) is 11.9. The van der Waals surface area contributed by atoms with Crippen LogP contribution in [0.3, 0.4) is 0 Å². The monoisotopic (exact) mass is 268 g/mol. The predicted octanol–water partition coefficient (Wildman–Crippen LogP) is 1.22. The lowest BCUT2D eigenvalue weighted by Crippen LogP contribution is -2.11. The van der Waals surface area contributed by atoms with Crippen molar-refractivity contribution in [2.75, 3.05) is 6.61 Å². The van der Waals surface area contributed by atoms with Gasteiger partial charge in [0.15, 0.2) is 6.10 Å². The highest BCUT2D eigenvalue weighted by Gasteiger charge is 2.17. The SMILES string of the molecule is CCOc1cc(CCC(=O)O)cc(C(O)C(=O)O)c1. The van der Waals surface area contributed by atoms with Gasteiger partial charge in [-0.3, -0.25) is 4.79 Å². The fourth-order valence-corrected chi connectivity index (χ4v) is 1.63. The number of carboxylic acids is 2. The zero-order valence-corrected chi connectivity index (χ0v) is 10.5. The van der Waals surface area contributed by atoms with Gasteiger partial charge in [0.2, 0.25) is 0 Å². The molecule has 0 heterocycles. The number of aliphatic hydroxyl groups excluding tert-OH is 1. The average Bonchev–Trinajstić information content (AvgIpc) is 2.35. The second-order valence-electron chi connectivity index (χ2n) is 3.98. The summed E-state index contributed by atoms with van der Waals surface area (Å²) in [7, 11) is 0. The van der Waals surface area contributed by atoms with E-state index >= 15 is 0 Å². The summed E-state index contributed by atoms with van der Waals surface area (Å²) >= 11 is 0. The van der Waals surface area contributed by atoms with E-state index in [4.69, 9.17) is 14.9 Å². The number of aliphatic hydroxyl groups is 1. The number of carbonyl (C=O) groups is 2. The third kappa shape index (κ3) is 4.59. The number of aryl methyl sites for hydroxylation is 1. The van der Waals surface area contributed by atoms with E-state index in [1.807, 2.05) is 0 Å². The standard InChI is InChI=1S/C13H16O6/c1-2-19-10-6-8(3-4-11(14)15)5-9(7-10)12(16)13(17)18/h5-7,12,16H,2-4H2,1H3,(H,14,15)(H,17,18). The van der Waals surface area contributed by atoms with Crippen LogP contribution in [-0.2, 0) is 16.0 Å². The van der Waals surface area contributed by atoms with Gasteiger partial charge in [-0.05, 0) is 36.6 Å². The Balaban J connectivity index is 3.02. The number of aliphatic carboxylic acids is 2. The number of carboxylic acid groups (broad SMARTS) is 2. The quantitative estimate of drug-likeness (QED) is 0.687. The van der Waals surface area contributed by atoms with Gasteiger partial charge < -0.3 is 20.1 Å². The molecule has 0 saturated carbocycles. The van der Waals surface area contributed by atoms with Crippen LogP contribution in [0.25, 0.3) is 0 Å². The van der Waals surface area contributed by atoms with E-state index in [-0.39, 0.29) is 18.4 Å². The molecule has 0 aromatic heterocycles. The minimum absolute atomic E-state index is 0.0712. The van der Waals surface area contributed by atoms with Crippen molar-refractivity contribution in [3.05, 3.63) is 29.3 Å². The Bertz CT molecular complexity index is 468. The summed E-state index contributed by atoms with van der Waals surface area (Å²) in [5.74, 6) is -1.89. The van der Waals surface area contributed by atoms with E-state index < -0.39 is 18.0 Å². The van der Waals surface area contributed by atoms with Crippen LogP contribution < -0.4 is 4.74 Å². The molecule has 0 spiro atoms. The van der Waals surface area contributed by atoms with E-state index in [9.17, 15) is 14.7 Å². The van der Waals surface area contributed by atoms with E-state index in [1.165, 1.54) is 12.1 Å². The van der Waals surface area contributed by atoms with Crippen molar-refractivity contribution in [2.45, 2.75) is 25.9 Å². The molecule has 104 valence electrons. The number of hydrogen-bond acceptors (Lipinski definition) is 4. The zero-order valence-electron chi connectivity index (χ0n) is 10.5. The summed E-state index contributed by atoms with van der Waals surface area (Å²) in [6.07, 6.45) is -1.47. The Hall–Kier alpha value is -2.08. The van der Waals surface area contributed by atoms with Gasteiger partial charge >= 0.3 is 11.9 Å². The van der Waals surface area contributed by atoms with E-state index in [0.29, 0.717) is 17.9 Å². The summed E-state index contributed by atoms with van der Waals surface area (Å²) in [5, 5.41) is 26.9. The van der Waals surface area contributed by atoms with Gasteiger partial charge in [-0.1, -0.05) is 6.07 Å². The zero-order chi connectivity index (χ0) is 14.4. The van der Waals surface area contributed by atoms with Gasteiger partial charge in [0.05, 0.1) is 6.61 Å². The van der Waals surface area contributed by atoms with Crippen LogP contribution in [0.4, 0.5) is 0 Å². The molecule has 1 unspecified atom stereocenters. The average molecular weight is 268 g/mol. The van der Waals surface area contributed by atoms with Crippen molar-refractivity contribution < 1.29 is 29.6 Å². The van der Waals surface area contributed by atoms with E-state index in [1.54, 1.807) is 13.0 Å². The van der Waals surface area contributed by atoms with E-state index in [0.717, 1.165) is 0 Å². The fraction of sp³-hybridized carbons (Fsp3) is 0.385. The largest absolute Gasteiger partial charge is 0.494 e. The number of ether oxygens (including phenoxy) is 1. The van der Waals surface area contributed by atoms with Crippen LogP contribution in [0, 0.1) is 0 Å². The topological polar surface area (TPSA) is 104 Å². The molecule has 1 atom stereocenters. The van der Waals surface area contributed by atoms with Crippen LogP contribution >= 0.6 is 0 Å². The van der Waals surface area contributed by atoms with Crippen molar-refractivity contribution >= 4 is 11.9 Å². The first-order valence-corrected chi connectivity index (χ1v) is 5.83. The number of hydrogen-bond donors (Lipinski definition) is 3. The van der Waals surface area contributed by atoms with Crippen LogP contribution in [0.2, 0.25) is 0 Å². The Morgan fingerprint density at radius 3 is 2.47 bits per heavy atom. The molecule has 1 aromatic carbocycles. The highest BCUT2D eigenvalue weighted by Crippen LogP contribution is 2.23. The highest BCUT2D eigenvalue weighted by atomic mass is 16.5. The van der Waals surface area contributed by atoms with Crippen LogP contribution in [-0.4, -0.2) is 33.9 Å². The Labute approximate surface area is 110 Å². The van der Waals surface area contributed by atoms with Crippen molar-refractivity contribution in [3.8, 4) is 5.75 Å². The van der Waals surface area contributed by atoms with E-state index in [2.05, 4.69) is 0 Å².